The van der Waals surface area contributed by atoms with Crippen molar-refractivity contribution in [1.29, 1.82) is 0 Å². The lowest BCUT2D eigenvalue weighted by atomic mass is 10.1. The van der Waals surface area contributed by atoms with Crippen LogP contribution < -0.4 is 10.6 Å². The standard InChI is InChI=1S/C15H19ClN4O3/c1-9(18-14(21)17-8-15(2,3)22)12-19-13(23-20-12)10-4-6-11(16)7-5-10/h4-7,9,22H,8H2,1-3H3,(H2,17,18,21). The summed E-state index contributed by atoms with van der Waals surface area (Å²) >= 11 is 5.83. The fraction of sp³-hybridized carbons (Fsp3) is 0.400. The quantitative estimate of drug-likeness (QED) is 0.777. The minimum Gasteiger partial charge on any atom is -0.389 e. The summed E-state index contributed by atoms with van der Waals surface area (Å²) in [6, 6.07) is 6.14. The predicted octanol–water partition coefficient (Wildman–Crippen LogP) is 2.52. The fourth-order valence-corrected chi connectivity index (χ4v) is 1.86. The third-order valence-corrected chi connectivity index (χ3v) is 3.20. The zero-order chi connectivity index (χ0) is 17.0. The van der Waals surface area contributed by atoms with Crippen LogP contribution in [0.3, 0.4) is 0 Å². The smallest absolute Gasteiger partial charge is 0.315 e. The first kappa shape index (κ1) is 17.2. The third-order valence-electron chi connectivity index (χ3n) is 2.95. The summed E-state index contributed by atoms with van der Waals surface area (Å²) in [7, 11) is 0. The first-order valence-corrected chi connectivity index (χ1v) is 7.49. The van der Waals surface area contributed by atoms with Gasteiger partial charge in [0.05, 0.1) is 11.6 Å². The third kappa shape index (κ3) is 5.22. The van der Waals surface area contributed by atoms with Crippen LogP contribution >= 0.6 is 11.6 Å². The Hall–Kier alpha value is -2.12. The van der Waals surface area contributed by atoms with E-state index in [2.05, 4.69) is 20.8 Å². The normalized spacial score (nSPS) is 12.7. The number of urea groups is 1. The van der Waals surface area contributed by atoms with Gasteiger partial charge in [0.1, 0.15) is 0 Å². The zero-order valence-electron chi connectivity index (χ0n) is 13.1. The van der Waals surface area contributed by atoms with Gasteiger partial charge < -0.3 is 20.3 Å². The molecule has 1 aromatic carbocycles. The van der Waals surface area contributed by atoms with Crippen molar-refractivity contribution in [2.75, 3.05) is 6.54 Å². The number of benzene rings is 1. The molecule has 1 unspecified atom stereocenters. The number of carbonyl (C=O) groups is 1. The second-order valence-corrected chi connectivity index (χ2v) is 6.26. The number of nitrogens with zero attached hydrogens (tertiary/aromatic N) is 2. The van der Waals surface area contributed by atoms with Crippen LogP contribution in [0.2, 0.25) is 5.02 Å². The summed E-state index contributed by atoms with van der Waals surface area (Å²) in [5.74, 6) is 0.704. The lowest BCUT2D eigenvalue weighted by Gasteiger charge is -2.18. The lowest BCUT2D eigenvalue weighted by Crippen LogP contribution is -2.44. The topological polar surface area (TPSA) is 100 Å². The second kappa shape index (κ2) is 6.97. The molecule has 7 nitrogen and oxygen atoms in total. The van der Waals surface area contributed by atoms with Crippen LogP contribution in [0.4, 0.5) is 4.79 Å². The summed E-state index contributed by atoms with van der Waals surface area (Å²) in [5.41, 5.74) is -0.235. The van der Waals surface area contributed by atoms with E-state index in [9.17, 15) is 9.90 Å². The molecule has 23 heavy (non-hydrogen) atoms. The molecule has 1 aromatic heterocycles. The molecule has 0 saturated carbocycles. The van der Waals surface area contributed by atoms with Crippen LogP contribution in [0.5, 0.6) is 0 Å². The van der Waals surface area contributed by atoms with Crippen molar-refractivity contribution < 1.29 is 14.4 Å². The highest BCUT2D eigenvalue weighted by Gasteiger charge is 2.18. The van der Waals surface area contributed by atoms with Gasteiger partial charge in [-0.3, -0.25) is 0 Å². The molecule has 0 aliphatic rings. The zero-order valence-corrected chi connectivity index (χ0v) is 13.9. The maximum atomic E-state index is 11.8. The molecular formula is C15H19ClN4O3. The Balaban J connectivity index is 1.97. The van der Waals surface area contributed by atoms with Crippen molar-refractivity contribution in [3.05, 3.63) is 35.1 Å². The van der Waals surface area contributed by atoms with Crippen LogP contribution in [0.25, 0.3) is 11.5 Å². The van der Waals surface area contributed by atoms with Gasteiger partial charge in [0.15, 0.2) is 5.82 Å². The number of carbonyl (C=O) groups excluding carboxylic acids is 1. The second-order valence-electron chi connectivity index (χ2n) is 5.83. The number of aromatic nitrogens is 2. The molecule has 2 rings (SSSR count). The van der Waals surface area contributed by atoms with Gasteiger partial charge in [0, 0.05) is 17.1 Å². The molecular weight excluding hydrogens is 320 g/mol. The molecule has 0 saturated heterocycles. The number of nitrogens with one attached hydrogen (secondary N) is 2. The van der Waals surface area contributed by atoms with Crippen LogP contribution in [-0.4, -0.2) is 33.4 Å². The summed E-state index contributed by atoms with van der Waals surface area (Å²) in [4.78, 5) is 16.0. The van der Waals surface area contributed by atoms with Crippen molar-refractivity contribution in [3.63, 3.8) is 0 Å². The van der Waals surface area contributed by atoms with E-state index >= 15 is 0 Å². The number of hydrogen-bond donors (Lipinski definition) is 3. The summed E-state index contributed by atoms with van der Waals surface area (Å²) in [6.45, 7) is 5.08. The number of aliphatic hydroxyl groups is 1. The van der Waals surface area contributed by atoms with E-state index in [1.54, 1.807) is 45.0 Å². The Bertz CT molecular complexity index is 664. The highest BCUT2D eigenvalue weighted by Crippen LogP contribution is 2.21. The molecule has 2 amide bonds. The molecule has 2 aromatic rings. The van der Waals surface area contributed by atoms with Crippen LogP contribution in [0.1, 0.15) is 32.6 Å². The SMILES string of the molecule is CC(NC(=O)NCC(C)(C)O)c1noc(-c2ccc(Cl)cc2)n1. The molecule has 0 aliphatic carbocycles. The van der Waals surface area contributed by atoms with Gasteiger partial charge in [0.25, 0.3) is 5.89 Å². The Labute approximate surface area is 139 Å². The number of rotatable bonds is 5. The molecule has 0 aliphatic heterocycles. The van der Waals surface area contributed by atoms with Gasteiger partial charge in [-0.15, -0.1) is 0 Å². The van der Waals surface area contributed by atoms with Gasteiger partial charge in [-0.05, 0) is 45.0 Å². The van der Waals surface area contributed by atoms with Gasteiger partial charge in [-0.2, -0.15) is 4.98 Å². The van der Waals surface area contributed by atoms with E-state index in [1.165, 1.54) is 0 Å². The Morgan fingerprint density at radius 1 is 1.39 bits per heavy atom. The molecule has 8 heteroatoms. The molecule has 0 fully saturated rings. The Morgan fingerprint density at radius 2 is 2.04 bits per heavy atom. The van der Waals surface area contributed by atoms with Crippen molar-refractivity contribution in [2.45, 2.75) is 32.4 Å². The van der Waals surface area contributed by atoms with Gasteiger partial charge in [-0.25, -0.2) is 4.79 Å². The fourth-order valence-electron chi connectivity index (χ4n) is 1.73. The van der Waals surface area contributed by atoms with Crippen LogP contribution in [-0.2, 0) is 0 Å². The monoisotopic (exact) mass is 338 g/mol. The van der Waals surface area contributed by atoms with E-state index in [1.807, 2.05) is 0 Å². The molecule has 1 atom stereocenters. The molecule has 0 spiro atoms. The lowest BCUT2D eigenvalue weighted by molar-refractivity contribution is 0.0817. The average Bonchev–Trinajstić information content (AvgIpc) is 2.95. The van der Waals surface area contributed by atoms with Gasteiger partial charge in [0.2, 0.25) is 0 Å². The summed E-state index contributed by atoms with van der Waals surface area (Å²) in [5, 5.41) is 19.3. The van der Waals surface area contributed by atoms with Crippen LogP contribution in [0.15, 0.2) is 28.8 Å². The van der Waals surface area contributed by atoms with Crippen molar-refractivity contribution in [3.8, 4) is 11.5 Å². The number of amides is 2. The highest BCUT2D eigenvalue weighted by atomic mass is 35.5. The van der Waals surface area contributed by atoms with Crippen molar-refractivity contribution in [2.24, 2.45) is 0 Å². The first-order valence-electron chi connectivity index (χ1n) is 7.11. The minimum atomic E-state index is -0.978. The maximum absolute atomic E-state index is 11.8. The molecule has 0 bridgehead atoms. The molecule has 1 heterocycles. The maximum Gasteiger partial charge on any atom is 0.315 e. The van der Waals surface area contributed by atoms with Crippen LogP contribution in [0, 0.1) is 0 Å². The van der Waals surface area contributed by atoms with E-state index in [0.717, 1.165) is 5.56 Å². The minimum absolute atomic E-state index is 0.133. The van der Waals surface area contributed by atoms with Crippen molar-refractivity contribution >= 4 is 17.6 Å². The van der Waals surface area contributed by atoms with Gasteiger partial charge in [-0.1, -0.05) is 16.8 Å². The number of halogens is 1. The Kier molecular flexibility index (Phi) is 5.23. The first-order chi connectivity index (χ1) is 10.7. The van der Waals surface area contributed by atoms with E-state index < -0.39 is 17.7 Å². The number of hydrogen-bond acceptors (Lipinski definition) is 5. The molecule has 124 valence electrons. The van der Waals surface area contributed by atoms with Crippen molar-refractivity contribution in [1.82, 2.24) is 20.8 Å². The van der Waals surface area contributed by atoms with E-state index in [-0.39, 0.29) is 6.54 Å². The predicted molar refractivity (Wildman–Crippen MR) is 86.0 cm³/mol. The van der Waals surface area contributed by atoms with E-state index in [4.69, 9.17) is 16.1 Å². The van der Waals surface area contributed by atoms with Gasteiger partial charge >= 0.3 is 6.03 Å². The average molecular weight is 339 g/mol. The highest BCUT2D eigenvalue weighted by molar-refractivity contribution is 6.30. The largest absolute Gasteiger partial charge is 0.389 e. The summed E-state index contributed by atoms with van der Waals surface area (Å²) in [6.07, 6.45) is 0. The Morgan fingerprint density at radius 3 is 2.65 bits per heavy atom. The molecule has 0 radical (unpaired) electrons. The molecule has 3 N–H and O–H groups in total. The summed E-state index contributed by atoms with van der Waals surface area (Å²) < 4.78 is 5.19. The van der Waals surface area contributed by atoms with E-state index in [0.29, 0.717) is 16.7 Å².